The number of carboxylic acids is 1. The third-order valence-corrected chi connectivity index (χ3v) is 3.43. The van der Waals surface area contributed by atoms with Crippen LogP contribution in [-0.2, 0) is 4.79 Å². The lowest BCUT2D eigenvalue weighted by Gasteiger charge is -2.23. The Morgan fingerprint density at radius 1 is 1.47 bits per heavy atom. The largest absolute Gasteiger partial charge is 0.480 e. The fraction of sp³-hybridized carbons (Fsp3) is 0.462. The van der Waals surface area contributed by atoms with Crippen molar-refractivity contribution in [1.82, 2.24) is 0 Å². The van der Waals surface area contributed by atoms with E-state index in [1.165, 1.54) is 5.56 Å². The lowest BCUT2D eigenvalue weighted by Crippen LogP contribution is -2.50. The van der Waals surface area contributed by atoms with Gasteiger partial charge in [0.2, 0.25) is 0 Å². The molecule has 4 heteroatoms. The van der Waals surface area contributed by atoms with Crippen LogP contribution in [-0.4, -0.2) is 29.7 Å². The quantitative estimate of drug-likeness (QED) is 0.809. The third-order valence-electron chi connectivity index (χ3n) is 3.43. The van der Waals surface area contributed by atoms with Gasteiger partial charge < -0.3 is 15.7 Å². The summed E-state index contributed by atoms with van der Waals surface area (Å²) < 4.78 is 0. The van der Waals surface area contributed by atoms with E-state index in [1.54, 1.807) is 0 Å². The molecule has 1 aliphatic rings. The smallest absolute Gasteiger partial charge is 0.325 e. The van der Waals surface area contributed by atoms with Crippen molar-refractivity contribution in [3.63, 3.8) is 0 Å². The molecule has 0 radical (unpaired) electrons. The highest BCUT2D eigenvalue weighted by atomic mass is 16.4. The van der Waals surface area contributed by atoms with Gasteiger partial charge in [-0.3, -0.25) is 4.79 Å². The summed E-state index contributed by atoms with van der Waals surface area (Å²) in [6.45, 7) is 5.15. The van der Waals surface area contributed by atoms with Crippen LogP contribution in [0.1, 0.15) is 17.5 Å². The van der Waals surface area contributed by atoms with E-state index < -0.39 is 11.5 Å². The van der Waals surface area contributed by atoms with E-state index in [9.17, 15) is 4.79 Å². The molecule has 4 nitrogen and oxygen atoms in total. The molecule has 0 aromatic heterocycles. The van der Waals surface area contributed by atoms with Gasteiger partial charge in [-0.25, -0.2) is 0 Å². The van der Waals surface area contributed by atoms with Crippen LogP contribution in [0.25, 0.3) is 0 Å². The van der Waals surface area contributed by atoms with Crippen LogP contribution >= 0.6 is 0 Å². The number of rotatable bonds is 2. The number of anilines is 1. The zero-order valence-electron chi connectivity index (χ0n) is 10.2. The van der Waals surface area contributed by atoms with Crippen molar-refractivity contribution < 1.29 is 9.90 Å². The number of aryl methyl sites for hydroxylation is 2. The Morgan fingerprint density at radius 2 is 2.18 bits per heavy atom. The van der Waals surface area contributed by atoms with Crippen molar-refractivity contribution in [1.29, 1.82) is 0 Å². The van der Waals surface area contributed by atoms with Crippen molar-refractivity contribution in [3.05, 3.63) is 29.3 Å². The molecule has 1 aromatic rings. The molecule has 0 bridgehead atoms. The molecule has 0 aliphatic carbocycles. The minimum atomic E-state index is -1.10. The number of carbonyl (C=O) groups is 1. The molecule has 1 aromatic carbocycles. The number of benzene rings is 1. The van der Waals surface area contributed by atoms with Crippen LogP contribution in [0.2, 0.25) is 0 Å². The Labute approximate surface area is 101 Å². The minimum absolute atomic E-state index is 0.382. The fourth-order valence-corrected chi connectivity index (χ4v) is 2.27. The Hall–Kier alpha value is -1.55. The Morgan fingerprint density at radius 3 is 2.76 bits per heavy atom. The van der Waals surface area contributed by atoms with Crippen LogP contribution in [0.5, 0.6) is 0 Å². The van der Waals surface area contributed by atoms with E-state index in [0.29, 0.717) is 19.5 Å². The maximum absolute atomic E-state index is 11.1. The SMILES string of the molecule is Cc1ccc(C)c(N2CCC(N)(C(=O)O)C2)c1. The van der Waals surface area contributed by atoms with Gasteiger partial charge in [-0.2, -0.15) is 0 Å². The Bertz CT molecular complexity index is 459. The van der Waals surface area contributed by atoms with E-state index in [-0.39, 0.29) is 0 Å². The summed E-state index contributed by atoms with van der Waals surface area (Å²) in [6.07, 6.45) is 0.496. The first-order valence-electron chi connectivity index (χ1n) is 5.77. The molecular formula is C13H18N2O2. The fourth-order valence-electron chi connectivity index (χ4n) is 2.27. The van der Waals surface area contributed by atoms with Gasteiger partial charge in [-0.05, 0) is 37.5 Å². The molecule has 1 fully saturated rings. The molecule has 1 atom stereocenters. The van der Waals surface area contributed by atoms with Crippen LogP contribution in [0, 0.1) is 13.8 Å². The summed E-state index contributed by atoms with van der Waals surface area (Å²) in [4.78, 5) is 13.2. The predicted molar refractivity (Wildman–Crippen MR) is 67.3 cm³/mol. The average Bonchev–Trinajstić information content (AvgIpc) is 2.66. The lowest BCUT2D eigenvalue weighted by atomic mass is 10.0. The highest BCUT2D eigenvalue weighted by Gasteiger charge is 2.41. The second-order valence-corrected chi connectivity index (χ2v) is 4.92. The van der Waals surface area contributed by atoms with Crippen molar-refractivity contribution in [3.8, 4) is 0 Å². The van der Waals surface area contributed by atoms with Crippen LogP contribution < -0.4 is 10.6 Å². The standard InChI is InChI=1S/C13H18N2O2/c1-9-3-4-10(2)11(7-9)15-6-5-13(14,8-15)12(16)17/h3-4,7H,5-6,8,14H2,1-2H3,(H,16,17). The summed E-state index contributed by atoms with van der Waals surface area (Å²) in [5.74, 6) is -0.912. The maximum atomic E-state index is 11.1. The van der Waals surface area contributed by atoms with E-state index in [1.807, 2.05) is 13.8 Å². The zero-order chi connectivity index (χ0) is 12.6. The molecule has 0 spiro atoms. The first-order chi connectivity index (χ1) is 7.92. The van der Waals surface area contributed by atoms with Crippen molar-refractivity contribution in [2.45, 2.75) is 25.8 Å². The first-order valence-corrected chi connectivity index (χ1v) is 5.77. The Balaban J connectivity index is 2.26. The van der Waals surface area contributed by atoms with Crippen LogP contribution in [0.4, 0.5) is 5.69 Å². The molecule has 1 unspecified atom stereocenters. The van der Waals surface area contributed by atoms with Gasteiger partial charge in [0.05, 0.1) is 0 Å². The van der Waals surface area contributed by atoms with Gasteiger partial charge in [0.15, 0.2) is 0 Å². The summed E-state index contributed by atoms with van der Waals surface area (Å²) >= 11 is 0. The molecule has 0 amide bonds. The molecule has 3 N–H and O–H groups in total. The van der Waals surface area contributed by atoms with Crippen molar-refractivity contribution >= 4 is 11.7 Å². The van der Waals surface area contributed by atoms with E-state index in [2.05, 4.69) is 23.1 Å². The number of hydrogen-bond acceptors (Lipinski definition) is 3. The number of nitrogens with two attached hydrogens (primary N) is 1. The van der Waals surface area contributed by atoms with E-state index in [0.717, 1.165) is 11.3 Å². The first kappa shape index (κ1) is 11.9. The molecule has 2 rings (SSSR count). The normalized spacial score (nSPS) is 24.1. The van der Waals surface area contributed by atoms with Crippen LogP contribution in [0.15, 0.2) is 18.2 Å². The summed E-state index contributed by atoms with van der Waals surface area (Å²) in [5, 5.41) is 9.11. The minimum Gasteiger partial charge on any atom is -0.480 e. The summed E-state index contributed by atoms with van der Waals surface area (Å²) in [7, 11) is 0. The predicted octanol–water partition coefficient (Wildman–Crippen LogP) is 1.30. The van der Waals surface area contributed by atoms with Gasteiger partial charge in [0.25, 0.3) is 0 Å². The summed E-state index contributed by atoms with van der Waals surface area (Å²) in [6, 6.07) is 6.20. The van der Waals surface area contributed by atoms with Crippen molar-refractivity contribution in [2.24, 2.45) is 5.73 Å². The second kappa shape index (κ2) is 4.04. The zero-order valence-corrected chi connectivity index (χ0v) is 10.2. The van der Waals surface area contributed by atoms with Gasteiger partial charge in [-0.1, -0.05) is 12.1 Å². The number of aliphatic carboxylic acids is 1. The second-order valence-electron chi connectivity index (χ2n) is 4.92. The number of hydrogen-bond donors (Lipinski definition) is 2. The molecule has 17 heavy (non-hydrogen) atoms. The van der Waals surface area contributed by atoms with Gasteiger partial charge in [0, 0.05) is 18.8 Å². The van der Waals surface area contributed by atoms with Crippen molar-refractivity contribution in [2.75, 3.05) is 18.0 Å². The lowest BCUT2D eigenvalue weighted by molar-refractivity contribution is -0.142. The molecule has 0 saturated carbocycles. The molecule has 1 aliphatic heterocycles. The topological polar surface area (TPSA) is 66.6 Å². The molecular weight excluding hydrogens is 216 g/mol. The highest BCUT2D eigenvalue weighted by molar-refractivity contribution is 5.81. The third kappa shape index (κ3) is 2.13. The maximum Gasteiger partial charge on any atom is 0.325 e. The monoisotopic (exact) mass is 234 g/mol. The molecule has 92 valence electrons. The highest BCUT2D eigenvalue weighted by Crippen LogP contribution is 2.28. The Kier molecular flexibility index (Phi) is 2.83. The van der Waals surface area contributed by atoms with Gasteiger partial charge >= 0.3 is 5.97 Å². The van der Waals surface area contributed by atoms with E-state index in [4.69, 9.17) is 10.8 Å². The average molecular weight is 234 g/mol. The van der Waals surface area contributed by atoms with Crippen LogP contribution in [0.3, 0.4) is 0 Å². The number of carboxylic acid groups (broad SMARTS) is 1. The number of nitrogens with zero attached hydrogens (tertiary/aromatic N) is 1. The van der Waals surface area contributed by atoms with Gasteiger partial charge in [0.1, 0.15) is 5.54 Å². The molecule has 1 heterocycles. The van der Waals surface area contributed by atoms with Gasteiger partial charge in [-0.15, -0.1) is 0 Å². The summed E-state index contributed by atoms with van der Waals surface area (Å²) in [5.41, 5.74) is 8.21. The van der Waals surface area contributed by atoms with E-state index >= 15 is 0 Å². The molecule has 1 saturated heterocycles.